The van der Waals surface area contributed by atoms with Crippen LogP contribution in [0, 0.1) is 18.3 Å². The summed E-state index contributed by atoms with van der Waals surface area (Å²) in [6, 6.07) is 19.9. The smallest absolute Gasteiger partial charge is 0.304 e. The summed E-state index contributed by atoms with van der Waals surface area (Å²) < 4.78 is 35.9. The molecule has 0 saturated carbocycles. The Hall–Kier alpha value is -3.55. The molecule has 0 aliphatic carbocycles. The third-order valence-electron chi connectivity index (χ3n) is 6.91. The average Bonchev–Trinajstić information content (AvgIpc) is 3.01. The fourth-order valence-electron chi connectivity index (χ4n) is 4.72. The van der Waals surface area contributed by atoms with Gasteiger partial charge in [-0.15, -0.1) is 10.8 Å². The number of carbonyl (C=O) groups is 1. The predicted octanol–water partition coefficient (Wildman–Crippen LogP) is 6.18. The van der Waals surface area contributed by atoms with Crippen molar-refractivity contribution in [3.63, 3.8) is 0 Å². The van der Waals surface area contributed by atoms with E-state index in [0.29, 0.717) is 40.5 Å². The van der Waals surface area contributed by atoms with E-state index in [1.807, 2.05) is 38.1 Å². The number of carboxylic acids is 1. The van der Waals surface area contributed by atoms with E-state index in [9.17, 15) is 24.3 Å². The molecule has 0 radical (unpaired) electrons. The Morgan fingerprint density at radius 3 is 2.58 bits per heavy atom. The molecule has 0 amide bonds. The van der Waals surface area contributed by atoms with Gasteiger partial charge >= 0.3 is 5.97 Å². The fraction of sp³-hybridized carbons (Fsp3) is 0.310. The van der Waals surface area contributed by atoms with Crippen molar-refractivity contribution >= 4 is 16.7 Å². The van der Waals surface area contributed by atoms with Gasteiger partial charge in [0, 0.05) is 12.5 Å². The molecule has 1 unspecified atom stereocenters. The van der Waals surface area contributed by atoms with E-state index in [1.165, 1.54) is 7.11 Å². The zero-order valence-corrected chi connectivity index (χ0v) is 22.4. The summed E-state index contributed by atoms with van der Waals surface area (Å²) in [6.45, 7) is 4.51. The molecule has 1 aliphatic rings. The topological polar surface area (TPSA) is 123 Å². The number of aryl methyl sites for hydroxylation is 1. The second-order valence-electron chi connectivity index (χ2n) is 9.34. The molecule has 38 heavy (non-hydrogen) atoms. The summed E-state index contributed by atoms with van der Waals surface area (Å²) in [7, 11) is -1.86. The van der Waals surface area contributed by atoms with Crippen molar-refractivity contribution in [3.05, 3.63) is 88.5 Å². The number of methoxy groups -OCH3 is 1. The lowest BCUT2D eigenvalue weighted by molar-refractivity contribution is -0.137. The number of nitrogens with zero attached hydrogens (tertiary/aromatic N) is 2. The highest BCUT2D eigenvalue weighted by molar-refractivity contribution is 8.22. The van der Waals surface area contributed by atoms with Gasteiger partial charge in [0.15, 0.2) is 0 Å². The van der Waals surface area contributed by atoms with Gasteiger partial charge in [-0.3, -0.25) is 13.9 Å². The molecule has 3 aromatic rings. The van der Waals surface area contributed by atoms with E-state index < -0.39 is 22.7 Å². The molecular weight excluding hydrogens is 504 g/mol. The van der Waals surface area contributed by atoms with Crippen LogP contribution in [-0.2, 0) is 11.3 Å². The molecule has 0 spiro atoms. The molecular formula is C29H32N2O6S. The third kappa shape index (κ3) is 5.64. The number of para-hydroxylation sites is 1. The van der Waals surface area contributed by atoms with Gasteiger partial charge in [-0.1, -0.05) is 43.3 Å². The first kappa shape index (κ1) is 27.5. The van der Waals surface area contributed by atoms with Crippen molar-refractivity contribution in [2.24, 2.45) is 0 Å². The van der Waals surface area contributed by atoms with Crippen LogP contribution in [0.3, 0.4) is 0 Å². The number of rotatable bonds is 8. The van der Waals surface area contributed by atoms with E-state index in [0.717, 1.165) is 16.7 Å². The van der Waals surface area contributed by atoms with Gasteiger partial charge in [0.1, 0.15) is 28.6 Å². The van der Waals surface area contributed by atoms with Crippen molar-refractivity contribution < 1.29 is 28.5 Å². The first-order valence-corrected chi connectivity index (χ1v) is 13.9. The Bertz CT molecular complexity index is 1370. The van der Waals surface area contributed by atoms with Crippen LogP contribution in [0.15, 0.2) is 65.6 Å². The monoisotopic (exact) mass is 536 g/mol. The quantitative estimate of drug-likeness (QED) is 0.312. The van der Waals surface area contributed by atoms with Crippen LogP contribution in [0.4, 0.5) is 0 Å². The maximum absolute atomic E-state index is 11.8. The minimum atomic E-state index is -3.33. The molecule has 200 valence electrons. The molecule has 8 nitrogen and oxygen atoms in total. The zero-order valence-electron chi connectivity index (χ0n) is 21.6. The highest BCUT2D eigenvalue weighted by Crippen LogP contribution is 2.57. The number of hydrogen-bond acceptors (Lipinski definition) is 7. The van der Waals surface area contributed by atoms with Gasteiger partial charge in [-0.2, -0.15) is 9.57 Å². The van der Waals surface area contributed by atoms with Crippen LogP contribution in [0.1, 0.15) is 53.5 Å². The number of fused-ring (bicyclic) bond motifs is 1. The molecule has 1 heterocycles. The maximum Gasteiger partial charge on any atom is 0.304 e. The SMILES string of the molecule is CC[C@@H]1CN(Cc2cc(C(CC(=O)O)c3ccc(C#N)c(OC)c3)ccc2C)S(O)(O)c2ccccc2O1. The van der Waals surface area contributed by atoms with Gasteiger partial charge in [-0.25, -0.2) is 0 Å². The second kappa shape index (κ2) is 11.5. The van der Waals surface area contributed by atoms with Crippen molar-refractivity contribution in [2.45, 2.75) is 50.2 Å². The van der Waals surface area contributed by atoms with Crippen molar-refractivity contribution in [1.29, 1.82) is 5.26 Å². The first-order valence-electron chi connectivity index (χ1n) is 12.4. The molecule has 0 aromatic heterocycles. The van der Waals surface area contributed by atoms with Crippen molar-refractivity contribution in [1.82, 2.24) is 4.31 Å². The molecule has 0 saturated heterocycles. The van der Waals surface area contributed by atoms with Gasteiger partial charge in [-0.05, 0) is 59.9 Å². The summed E-state index contributed by atoms with van der Waals surface area (Å²) in [5, 5.41) is 19.0. The minimum absolute atomic E-state index is 0.157. The normalized spacial score (nSPS) is 18.3. The Balaban J connectivity index is 1.73. The summed E-state index contributed by atoms with van der Waals surface area (Å²) >= 11 is 0. The summed E-state index contributed by atoms with van der Waals surface area (Å²) in [5.74, 6) is -0.591. The molecule has 0 bridgehead atoms. The van der Waals surface area contributed by atoms with Crippen molar-refractivity contribution in [2.75, 3.05) is 13.7 Å². The standard InChI is InChI=1S/C29H32N2O6S/c1-4-24-18-31(38(34,35)28-8-6-5-7-26(28)37-24)17-23-13-20(10-9-19(23)2)25(15-29(32)33)21-11-12-22(16-30)27(14-21)36-3/h5-14,24-25,34-35H,4,15,17-18H2,1-3H3,(H,32,33)/t24-,25?/m1/s1. The van der Waals surface area contributed by atoms with E-state index in [2.05, 4.69) is 6.07 Å². The number of aliphatic carboxylic acids is 1. The van der Waals surface area contributed by atoms with Crippen LogP contribution in [0.2, 0.25) is 0 Å². The van der Waals surface area contributed by atoms with Crippen LogP contribution in [-0.4, -0.2) is 44.2 Å². The lowest BCUT2D eigenvalue weighted by Crippen LogP contribution is -2.34. The summed E-state index contributed by atoms with van der Waals surface area (Å²) in [6.07, 6.45) is 0.315. The highest BCUT2D eigenvalue weighted by Gasteiger charge is 2.35. The van der Waals surface area contributed by atoms with Gasteiger partial charge in [0.25, 0.3) is 0 Å². The Morgan fingerprint density at radius 1 is 1.18 bits per heavy atom. The van der Waals surface area contributed by atoms with Gasteiger partial charge < -0.3 is 14.6 Å². The summed E-state index contributed by atoms with van der Waals surface area (Å²) in [5.41, 5.74) is 3.66. The number of ether oxygens (including phenoxy) is 2. The van der Waals surface area contributed by atoms with Crippen LogP contribution >= 0.6 is 10.8 Å². The highest BCUT2D eigenvalue weighted by atomic mass is 32.3. The zero-order chi connectivity index (χ0) is 27.4. The van der Waals surface area contributed by atoms with E-state index in [4.69, 9.17) is 9.47 Å². The number of nitriles is 1. The Labute approximate surface area is 224 Å². The Morgan fingerprint density at radius 2 is 1.89 bits per heavy atom. The molecule has 3 N–H and O–H groups in total. The maximum atomic E-state index is 11.8. The van der Waals surface area contributed by atoms with E-state index >= 15 is 0 Å². The van der Waals surface area contributed by atoms with Gasteiger partial charge in [0.2, 0.25) is 0 Å². The third-order valence-corrected chi connectivity index (χ3v) is 8.84. The second-order valence-corrected chi connectivity index (χ2v) is 11.3. The lowest BCUT2D eigenvalue weighted by Gasteiger charge is -2.42. The van der Waals surface area contributed by atoms with E-state index in [1.54, 1.807) is 40.7 Å². The molecule has 1 aliphatic heterocycles. The number of carboxylic acid groups (broad SMARTS) is 1. The molecule has 2 atom stereocenters. The van der Waals surface area contributed by atoms with Gasteiger partial charge in [0.05, 0.1) is 25.6 Å². The fourth-order valence-corrected chi connectivity index (χ4v) is 6.33. The molecule has 4 rings (SSSR count). The number of benzene rings is 3. The van der Waals surface area contributed by atoms with Crippen LogP contribution in [0.25, 0.3) is 0 Å². The summed E-state index contributed by atoms with van der Waals surface area (Å²) in [4.78, 5) is 12.2. The minimum Gasteiger partial charge on any atom is -0.495 e. The number of hydrogen-bond donors (Lipinski definition) is 3. The Kier molecular flexibility index (Phi) is 8.29. The average molecular weight is 537 g/mol. The largest absolute Gasteiger partial charge is 0.495 e. The molecule has 9 heteroatoms. The van der Waals surface area contributed by atoms with E-state index in [-0.39, 0.29) is 19.1 Å². The molecule has 0 fully saturated rings. The lowest BCUT2D eigenvalue weighted by atomic mass is 9.86. The first-order chi connectivity index (χ1) is 18.2. The van der Waals surface area contributed by atoms with Crippen molar-refractivity contribution in [3.8, 4) is 17.6 Å². The van der Waals surface area contributed by atoms with Crippen LogP contribution < -0.4 is 9.47 Å². The molecule has 3 aromatic carbocycles. The van der Waals surface area contributed by atoms with Crippen LogP contribution in [0.5, 0.6) is 11.5 Å². The predicted molar refractivity (Wildman–Crippen MR) is 146 cm³/mol.